The van der Waals surface area contributed by atoms with Crippen LogP contribution in [0.25, 0.3) is 0 Å². The highest BCUT2D eigenvalue weighted by atomic mass is 35.5. The number of hydrazine groups is 1. The topological polar surface area (TPSA) is 116 Å². The summed E-state index contributed by atoms with van der Waals surface area (Å²) in [4.78, 5) is 46.5. The molecule has 1 aliphatic heterocycles. The van der Waals surface area contributed by atoms with E-state index in [1.165, 1.54) is 12.3 Å². The molecule has 0 radical (unpaired) electrons. The standard InChI is InChI=1S/C22H24ClF3N6O3/c1-11-4-5-12(2)32(11)20(34)15-7-17(23)18(28-9-15)13(3)29-21(35)31-30-19(33)14-6-16(10-27-8-14)22(24,25)26/h6-13H,4-5H2,1-3H3,(H,30,33)(H2,29,31,35)/t11-,12+,13-/m1/s1. The number of carbonyl (C=O) groups excluding carboxylic acids is 3. The Morgan fingerprint density at radius 3 is 2.31 bits per heavy atom. The van der Waals surface area contributed by atoms with Crippen LogP contribution in [-0.2, 0) is 6.18 Å². The molecule has 0 saturated carbocycles. The summed E-state index contributed by atoms with van der Waals surface area (Å²) in [5, 5.41) is 2.66. The van der Waals surface area contributed by atoms with Crippen LogP contribution in [0.4, 0.5) is 18.0 Å². The molecule has 13 heteroatoms. The summed E-state index contributed by atoms with van der Waals surface area (Å²) in [6, 6.07) is 0.750. The Bertz CT molecular complexity index is 1120. The van der Waals surface area contributed by atoms with Gasteiger partial charge in [-0.2, -0.15) is 13.2 Å². The highest BCUT2D eigenvalue weighted by molar-refractivity contribution is 6.31. The van der Waals surface area contributed by atoms with Gasteiger partial charge in [-0.05, 0) is 45.7 Å². The molecule has 1 fully saturated rings. The number of hydrogen-bond acceptors (Lipinski definition) is 5. The van der Waals surface area contributed by atoms with Gasteiger partial charge in [-0.15, -0.1) is 0 Å². The molecule has 3 N–H and O–H groups in total. The van der Waals surface area contributed by atoms with Gasteiger partial charge in [0, 0.05) is 30.7 Å². The second-order valence-corrected chi connectivity index (χ2v) is 8.72. The molecule has 9 nitrogen and oxygen atoms in total. The third-order valence-electron chi connectivity index (χ3n) is 5.68. The minimum absolute atomic E-state index is 0.113. The second kappa shape index (κ2) is 10.5. The fraction of sp³-hybridized carbons (Fsp3) is 0.409. The van der Waals surface area contributed by atoms with Crippen molar-refractivity contribution in [2.75, 3.05) is 0 Å². The number of aromatic nitrogens is 2. The van der Waals surface area contributed by atoms with Crippen molar-refractivity contribution in [2.45, 2.75) is 57.9 Å². The number of hydrogen-bond donors (Lipinski definition) is 3. The zero-order valence-electron chi connectivity index (χ0n) is 19.1. The van der Waals surface area contributed by atoms with Crippen molar-refractivity contribution >= 4 is 29.4 Å². The minimum Gasteiger partial charge on any atom is -0.333 e. The summed E-state index contributed by atoms with van der Waals surface area (Å²) in [7, 11) is 0. The molecule has 2 aromatic rings. The van der Waals surface area contributed by atoms with Crippen LogP contribution in [0.1, 0.15) is 71.6 Å². The normalized spacial score (nSPS) is 18.7. The Morgan fingerprint density at radius 1 is 1.06 bits per heavy atom. The van der Waals surface area contributed by atoms with Crippen molar-refractivity contribution in [3.05, 3.63) is 58.1 Å². The number of urea groups is 1. The van der Waals surface area contributed by atoms with Crippen LogP contribution in [0.15, 0.2) is 30.7 Å². The predicted molar refractivity (Wildman–Crippen MR) is 120 cm³/mol. The van der Waals surface area contributed by atoms with Gasteiger partial charge >= 0.3 is 12.2 Å². The first kappa shape index (κ1) is 26.2. The maximum atomic E-state index is 12.9. The lowest BCUT2D eigenvalue weighted by Gasteiger charge is -2.26. The van der Waals surface area contributed by atoms with Crippen molar-refractivity contribution in [1.82, 2.24) is 31.0 Å². The summed E-state index contributed by atoms with van der Waals surface area (Å²) < 4.78 is 38.3. The summed E-state index contributed by atoms with van der Waals surface area (Å²) in [6.45, 7) is 5.55. The molecule has 35 heavy (non-hydrogen) atoms. The molecule has 3 atom stereocenters. The lowest BCUT2D eigenvalue weighted by molar-refractivity contribution is -0.137. The summed E-state index contributed by atoms with van der Waals surface area (Å²) in [5.74, 6) is -1.16. The predicted octanol–water partition coefficient (Wildman–Crippen LogP) is 3.87. The third kappa shape index (κ3) is 6.18. The average Bonchev–Trinajstić information content (AvgIpc) is 3.14. The number of likely N-dealkylation sites (tertiary alicyclic amines) is 1. The van der Waals surface area contributed by atoms with Gasteiger partial charge in [-0.3, -0.25) is 25.0 Å². The largest absolute Gasteiger partial charge is 0.417 e. The molecule has 0 aromatic carbocycles. The van der Waals surface area contributed by atoms with Crippen LogP contribution < -0.4 is 16.2 Å². The molecule has 2 aromatic heterocycles. The molecule has 1 aliphatic rings. The van der Waals surface area contributed by atoms with Crippen LogP contribution >= 0.6 is 11.6 Å². The van der Waals surface area contributed by atoms with Crippen molar-refractivity contribution in [3.63, 3.8) is 0 Å². The Balaban J connectivity index is 1.58. The highest BCUT2D eigenvalue weighted by Crippen LogP contribution is 2.29. The van der Waals surface area contributed by atoms with Gasteiger partial charge in [-0.25, -0.2) is 10.2 Å². The fourth-order valence-electron chi connectivity index (χ4n) is 3.83. The Kier molecular flexibility index (Phi) is 7.83. The fourth-order valence-corrected chi connectivity index (χ4v) is 4.16. The number of carbonyl (C=O) groups is 3. The van der Waals surface area contributed by atoms with Crippen molar-refractivity contribution in [3.8, 4) is 0 Å². The van der Waals surface area contributed by atoms with E-state index in [1.54, 1.807) is 11.8 Å². The first-order valence-electron chi connectivity index (χ1n) is 10.8. The van der Waals surface area contributed by atoms with Crippen molar-refractivity contribution in [2.24, 2.45) is 0 Å². The van der Waals surface area contributed by atoms with E-state index in [0.29, 0.717) is 17.8 Å². The van der Waals surface area contributed by atoms with Crippen LogP contribution in [0.3, 0.4) is 0 Å². The van der Waals surface area contributed by atoms with Gasteiger partial charge in [0.25, 0.3) is 11.8 Å². The molecule has 1 saturated heterocycles. The molecular formula is C22H24ClF3N6O3. The maximum Gasteiger partial charge on any atom is 0.417 e. The van der Waals surface area contributed by atoms with E-state index in [9.17, 15) is 27.6 Å². The number of amides is 4. The third-order valence-corrected chi connectivity index (χ3v) is 5.98. The van der Waals surface area contributed by atoms with E-state index >= 15 is 0 Å². The molecule has 3 heterocycles. The van der Waals surface area contributed by atoms with Crippen molar-refractivity contribution in [1.29, 1.82) is 0 Å². The van der Waals surface area contributed by atoms with Gasteiger partial charge in [0.1, 0.15) is 0 Å². The van der Waals surface area contributed by atoms with Crippen LogP contribution in [-0.4, -0.2) is 44.8 Å². The first-order chi connectivity index (χ1) is 16.4. The molecule has 3 rings (SSSR count). The molecule has 0 unspecified atom stereocenters. The Morgan fingerprint density at radius 2 is 1.71 bits per heavy atom. The van der Waals surface area contributed by atoms with Crippen LogP contribution in [0.2, 0.25) is 5.02 Å². The maximum absolute atomic E-state index is 12.9. The lowest BCUT2D eigenvalue weighted by atomic mass is 10.1. The van der Waals surface area contributed by atoms with E-state index in [-0.39, 0.29) is 34.3 Å². The molecule has 0 spiro atoms. The number of nitrogens with zero attached hydrogens (tertiary/aromatic N) is 3. The van der Waals surface area contributed by atoms with E-state index in [2.05, 4.69) is 15.3 Å². The van der Waals surface area contributed by atoms with Gasteiger partial charge < -0.3 is 10.2 Å². The van der Waals surface area contributed by atoms with Gasteiger partial charge in [0.2, 0.25) is 0 Å². The quantitative estimate of drug-likeness (QED) is 0.538. The van der Waals surface area contributed by atoms with Gasteiger partial charge in [0.05, 0.1) is 33.4 Å². The summed E-state index contributed by atoms with van der Waals surface area (Å²) >= 11 is 6.32. The zero-order valence-corrected chi connectivity index (χ0v) is 19.9. The summed E-state index contributed by atoms with van der Waals surface area (Å²) in [5.41, 5.74) is 3.18. The monoisotopic (exact) mass is 512 g/mol. The number of alkyl halides is 3. The molecule has 4 amide bonds. The molecular weight excluding hydrogens is 489 g/mol. The van der Waals surface area contributed by atoms with Crippen LogP contribution in [0.5, 0.6) is 0 Å². The SMILES string of the molecule is C[C@@H]1CC[C@H](C)N1C(=O)c1cnc([C@@H](C)NC(=O)NNC(=O)c2cncc(C(F)(F)F)c2)c(Cl)c1. The van der Waals surface area contributed by atoms with E-state index < -0.39 is 29.7 Å². The minimum atomic E-state index is -4.67. The highest BCUT2D eigenvalue weighted by Gasteiger charge is 2.33. The van der Waals surface area contributed by atoms with Crippen LogP contribution in [0, 0.1) is 0 Å². The molecule has 0 aliphatic carbocycles. The lowest BCUT2D eigenvalue weighted by Crippen LogP contribution is -2.47. The summed E-state index contributed by atoms with van der Waals surface area (Å²) in [6.07, 6.45) is 0.0796. The number of nitrogens with one attached hydrogen (secondary N) is 3. The molecule has 188 valence electrons. The average molecular weight is 513 g/mol. The molecule has 0 bridgehead atoms. The number of pyridine rings is 2. The van der Waals surface area contributed by atoms with Gasteiger partial charge in [0.15, 0.2) is 0 Å². The van der Waals surface area contributed by atoms with E-state index in [1.807, 2.05) is 24.7 Å². The van der Waals surface area contributed by atoms with E-state index in [0.717, 1.165) is 19.0 Å². The first-order valence-corrected chi connectivity index (χ1v) is 11.1. The Labute approximate surface area is 204 Å². The van der Waals surface area contributed by atoms with Crippen molar-refractivity contribution < 1.29 is 27.6 Å². The number of halogens is 4. The zero-order chi connectivity index (χ0) is 25.9. The number of rotatable bonds is 4. The van der Waals surface area contributed by atoms with E-state index in [4.69, 9.17) is 11.6 Å². The second-order valence-electron chi connectivity index (χ2n) is 8.31. The smallest absolute Gasteiger partial charge is 0.333 e. The Hall–Kier alpha value is -3.41. The van der Waals surface area contributed by atoms with Gasteiger partial charge in [-0.1, -0.05) is 11.6 Å².